The van der Waals surface area contributed by atoms with Crippen molar-refractivity contribution in [1.82, 2.24) is 9.78 Å². The molecule has 0 aliphatic carbocycles. The molecule has 0 amide bonds. The van der Waals surface area contributed by atoms with Gasteiger partial charge in [0.25, 0.3) is 0 Å². The van der Waals surface area contributed by atoms with E-state index in [1.54, 1.807) is 43.5 Å². The molecule has 8 heteroatoms. The summed E-state index contributed by atoms with van der Waals surface area (Å²) in [6.45, 7) is -0.123. The van der Waals surface area contributed by atoms with Gasteiger partial charge in [0.15, 0.2) is 5.69 Å². The van der Waals surface area contributed by atoms with Gasteiger partial charge >= 0.3 is 6.18 Å². The van der Waals surface area contributed by atoms with Gasteiger partial charge in [-0.05, 0) is 42.0 Å². The summed E-state index contributed by atoms with van der Waals surface area (Å²) in [7, 11) is 1.60. The molecule has 0 saturated heterocycles. The average Bonchev–Trinajstić information content (AvgIpc) is 3.23. The molecule has 1 heterocycles. The summed E-state index contributed by atoms with van der Waals surface area (Å²) < 4.78 is 52.1. The van der Waals surface area contributed by atoms with E-state index >= 15 is 0 Å². The highest BCUT2D eigenvalue weighted by Crippen LogP contribution is 2.33. The maximum atomic E-state index is 13.3. The number of hydrogen-bond acceptors (Lipinski definition) is 3. The van der Waals surface area contributed by atoms with Crippen LogP contribution in [0.4, 0.5) is 13.2 Å². The van der Waals surface area contributed by atoms with Crippen molar-refractivity contribution in [3.63, 3.8) is 0 Å². The number of rotatable bonds is 6. The van der Waals surface area contributed by atoms with E-state index in [2.05, 4.69) is 5.10 Å². The molecule has 4 nitrogen and oxygen atoms in total. The van der Waals surface area contributed by atoms with Crippen molar-refractivity contribution in [2.45, 2.75) is 12.8 Å². The lowest BCUT2D eigenvalue weighted by molar-refractivity contribution is -0.141. The SMILES string of the molecule is COc1ccccc1-c1ccc(OCc2cc(C(F)(F)F)nn2-c2ccccc2Cl)cc1. The second-order valence-electron chi connectivity index (χ2n) is 6.90. The van der Waals surface area contributed by atoms with Gasteiger partial charge in [-0.1, -0.05) is 54.1 Å². The molecule has 0 unspecified atom stereocenters. The van der Waals surface area contributed by atoms with Crippen LogP contribution in [0.1, 0.15) is 11.4 Å². The summed E-state index contributed by atoms with van der Waals surface area (Å²) in [5.41, 5.74) is 1.40. The summed E-state index contributed by atoms with van der Waals surface area (Å²) in [6, 6.07) is 22.4. The van der Waals surface area contributed by atoms with E-state index in [1.807, 2.05) is 36.4 Å². The van der Waals surface area contributed by atoms with Gasteiger partial charge in [0, 0.05) is 5.56 Å². The molecule has 3 aromatic carbocycles. The van der Waals surface area contributed by atoms with E-state index in [1.165, 1.54) is 0 Å². The van der Waals surface area contributed by atoms with Crippen LogP contribution in [0, 0.1) is 0 Å². The number of aromatic nitrogens is 2. The van der Waals surface area contributed by atoms with Crippen LogP contribution in [0.15, 0.2) is 78.9 Å². The van der Waals surface area contributed by atoms with Gasteiger partial charge in [-0.25, -0.2) is 4.68 Å². The lowest BCUT2D eigenvalue weighted by Crippen LogP contribution is -2.08. The van der Waals surface area contributed by atoms with Crippen molar-refractivity contribution in [3.8, 4) is 28.3 Å². The molecule has 0 fully saturated rings. The minimum Gasteiger partial charge on any atom is -0.496 e. The Kier molecular flexibility index (Phi) is 6.10. The van der Waals surface area contributed by atoms with Crippen molar-refractivity contribution in [1.29, 1.82) is 0 Å². The second-order valence-corrected chi connectivity index (χ2v) is 7.30. The molecule has 4 aromatic rings. The van der Waals surface area contributed by atoms with Crippen LogP contribution in [0.25, 0.3) is 16.8 Å². The van der Waals surface area contributed by atoms with Gasteiger partial charge in [-0.15, -0.1) is 0 Å². The fraction of sp³-hybridized carbons (Fsp3) is 0.125. The Balaban J connectivity index is 1.58. The lowest BCUT2D eigenvalue weighted by Gasteiger charge is -2.12. The third-order valence-corrected chi connectivity index (χ3v) is 5.13. The van der Waals surface area contributed by atoms with Crippen molar-refractivity contribution in [3.05, 3.63) is 95.3 Å². The Bertz CT molecular complexity index is 1220. The summed E-state index contributed by atoms with van der Waals surface area (Å²) >= 11 is 6.18. The summed E-state index contributed by atoms with van der Waals surface area (Å²) in [4.78, 5) is 0. The molecule has 0 aliphatic heterocycles. The molecule has 4 rings (SSSR count). The van der Waals surface area contributed by atoms with E-state index in [-0.39, 0.29) is 17.3 Å². The Morgan fingerprint density at radius 3 is 2.31 bits per heavy atom. The molecule has 0 bridgehead atoms. The first-order chi connectivity index (χ1) is 15.4. The Morgan fingerprint density at radius 1 is 0.938 bits per heavy atom. The van der Waals surface area contributed by atoms with Gasteiger partial charge in [-0.2, -0.15) is 18.3 Å². The number of halogens is 4. The summed E-state index contributed by atoms with van der Waals surface area (Å²) in [5, 5.41) is 4.00. The van der Waals surface area contributed by atoms with E-state index in [4.69, 9.17) is 21.1 Å². The normalized spacial score (nSPS) is 11.4. The fourth-order valence-corrected chi connectivity index (χ4v) is 3.48. The predicted octanol–water partition coefficient (Wildman–Crippen LogP) is 6.80. The molecule has 0 aliphatic rings. The van der Waals surface area contributed by atoms with Gasteiger partial charge < -0.3 is 9.47 Å². The summed E-state index contributed by atoms with van der Waals surface area (Å²) in [6.07, 6.45) is -4.59. The fourth-order valence-electron chi connectivity index (χ4n) is 3.26. The predicted molar refractivity (Wildman–Crippen MR) is 116 cm³/mol. The van der Waals surface area contributed by atoms with Gasteiger partial charge in [-0.3, -0.25) is 0 Å². The largest absolute Gasteiger partial charge is 0.496 e. The standard InChI is InChI=1S/C24H18ClF3N2O2/c1-31-22-9-5-2-6-19(22)16-10-12-18(13-11-16)32-15-17-14-23(24(26,27)28)29-30(17)21-8-4-3-7-20(21)25/h2-14H,15H2,1H3. The van der Waals surface area contributed by atoms with Crippen LogP contribution in [-0.2, 0) is 12.8 Å². The van der Waals surface area contributed by atoms with E-state index < -0.39 is 11.9 Å². The highest BCUT2D eigenvalue weighted by molar-refractivity contribution is 6.32. The minimum atomic E-state index is -4.59. The van der Waals surface area contributed by atoms with Crippen LogP contribution in [0.2, 0.25) is 5.02 Å². The lowest BCUT2D eigenvalue weighted by atomic mass is 10.0. The zero-order valence-electron chi connectivity index (χ0n) is 16.9. The van der Waals surface area contributed by atoms with Crippen LogP contribution < -0.4 is 9.47 Å². The molecule has 0 saturated carbocycles. The molecular formula is C24H18ClF3N2O2. The minimum absolute atomic E-state index is 0.123. The third kappa shape index (κ3) is 4.57. The van der Waals surface area contributed by atoms with Crippen LogP contribution >= 0.6 is 11.6 Å². The Labute approximate surface area is 187 Å². The van der Waals surface area contributed by atoms with E-state index in [9.17, 15) is 13.2 Å². The van der Waals surface area contributed by atoms with E-state index in [0.29, 0.717) is 11.4 Å². The number of alkyl halides is 3. The van der Waals surface area contributed by atoms with Gasteiger partial charge in [0.1, 0.15) is 18.1 Å². The first-order valence-electron chi connectivity index (χ1n) is 9.64. The van der Waals surface area contributed by atoms with Crippen molar-refractivity contribution >= 4 is 11.6 Å². The first-order valence-corrected chi connectivity index (χ1v) is 10.0. The smallest absolute Gasteiger partial charge is 0.435 e. The second kappa shape index (κ2) is 8.96. The first kappa shape index (κ1) is 21.8. The Hall–Kier alpha value is -3.45. The highest BCUT2D eigenvalue weighted by atomic mass is 35.5. The zero-order chi connectivity index (χ0) is 22.7. The van der Waals surface area contributed by atoms with Crippen molar-refractivity contribution in [2.75, 3.05) is 7.11 Å². The van der Waals surface area contributed by atoms with Crippen molar-refractivity contribution in [2.24, 2.45) is 0 Å². The molecule has 0 atom stereocenters. The van der Waals surface area contributed by atoms with E-state index in [0.717, 1.165) is 27.6 Å². The maximum Gasteiger partial charge on any atom is 0.435 e. The average molecular weight is 459 g/mol. The number of para-hydroxylation sites is 2. The number of ether oxygens (including phenoxy) is 2. The number of nitrogens with zero attached hydrogens (tertiary/aromatic N) is 2. The molecule has 164 valence electrons. The molecular weight excluding hydrogens is 441 g/mol. The van der Waals surface area contributed by atoms with Gasteiger partial charge in [0.2, 0.25) is 0 Å². The topological polar surface area (TPSA) is 36.3 Å². The van der Waals surface area contributed by atoms with Crippen LogP contribution in [-0.4, -0.2) is 16.9 Å². The molecule has 0 radical (unpaired) electrons. The van der Waals surface area contributed by atoms with Gasteiger partial charge in [0.05, 0.1) is 23.5 Å². The highest BCUT2D eigenvalue weighted by Gasteiger charge is 2.35. The third-order valence-electron chi connectivity index (χ3n) is 4.81. The molecule has 32 heavy (non-hydrogen) atoms. The Morgan fingerprint density at radius 2 is 1.62 bits per heavy atom. The maximum absolute atomic E-state index is 13.3. The molecule has 1 aromatic heterocycles. The molecule has 0 N–H and O–H groups in total. The quantitative estimate of drug-likeness (QED) is 0.319. The monoisotopic (exact) mass is 458 g/mol. The van der Waals surface area contributed by atoms with Crippen molar-refractivity contribution < 1.29 is 22.6 Å². The zero-order valence-corrected chi connectivity index (χ0v) is 17.7. The van der Waals surface area contributed by atoms with Crippen LogP contribution in [0.5, 0.6) is 11.5 Å². The molecule has 0 spiro atoms. The number of methoxy groups -OCH3 is 1. The number of benzene rings is 3. The number of hydrogen-bond donors (Lipinski definition) is 0. The van der Waals surface area contributed by atoms with Crippen LogP contribution in [0.3, 0.4) is 0 Å². The summed E-state index contributed by atoms with van der Waals surface area (Å²) in [5.74, 6) is 1.24.